The summed E-state index contributed by atoms with van der Waals surface area (Å²) in [6.45, 7) is 5.91. The summed E-state index contributed by atoms with van der Waals surface area (Å²) < 4.78 is 7.06. The highest BCUT2D eigenvalue weighted by Gasteiger charge is 2.58. The van der Waals surface area contributed by atoms with Crippen LogP contribution in [0, 0.1) is 5.92 Å². The minimum atomic E-state index is -1.26. The zero-order valence-corrected chi connectivity index (χ0v) is 20.1. The molecule has 0 fully saturated rings. The Morgan fingerprint density at radius 1 is 1.24 bits per heavy atom. The topological polar surface area (TPSA) is 127 Å². The molecule has 4 rings (SSSR count). The fourth-order valence-corrected chi connectivity index (χ4v) is 5.45. The van der Waals surface area contributed by atoms with Crippen LogP contribution in [0.15, 0.2) is 36.4 Å². The molecule has 2 heterocycles. The Balaban J connectivity index is 0.000000350. The lowest BCUT2D eigenvalue weighted by atomic mass is 9.72. The third-order valence-electron chi connectivity index (χ3n) is 7.42. The van der Waals surface area contributed by atoms with Crippen molar-refractivity contribution < 1.29 is 34.4 Å². The van der Waals surface area contributed by atoms with Gasteiger partial charge in [-0.25, -0.2) is 9.59 Å². The first-order valence-corrected chi connectivity index (χ1v) is 11.2. The first-order chi connectivity index (χ1) is 15.9. The highest BCUT2D eigenvalue weighted by molar-refractivity contribution is 5.89. The number of carbonyl (C=O) groups is 3. The molecule has 0 bridgehead atoms. The molecule has 9 heteroatoms. The van der Waals surface area contributed by atoms with Crippen LogP contribution < -0.4 is 9.59 Å². The molecule has 0 spiro atoms. The molecule has 0 radical (unpaired) electrons. The Morgan fingerprint density at radius 3 is 2.35 bits per heavy atom. The summed E-state index contributed by atoms with van der Waals surface area (Å²) in [7, 11) is 6.11. The van der Waals surface area contributed by atoms with Gasteiger partial charge in [-0.15, -0.1) is 0 Å². The van der Waals surface area contributed by atoms with Crippen molar-refractivity contribution in [3.63, 3.8) is 0 Å². The van der Waals surface area contributed by atoms with E-state index < -0.39 is 23.8 Å². The molecule has 2 unspecified atom stereocenters. The molecule has 9 nitrogen and oxygen atoms in total. The Hall–Kier alpha value is -3.01. The lowest BCUT2D eigenvalue weighted by molar-refractivity contribution is -0.310. The van der Waals surface area contributed by atoms with Crippen LogP contribution in [0.4, 0.5) is 5.69 Å². The van der Waals surface area contributed by atoms with Crippen molar-refractivity contribution in [1.82, 2.24) is 9.38 Å². The van der Waals surface area contributed by atoms with E-state index in [0.717, 1.165) is 28.6 Å². The standard InChI is InChI=1S/C21H28N2O3.C4H4O4/c1-13(2)23(4)12-21(26-5)10-17-16(9-14(20(24)25)11-22(17)3)15-7-6-8-18(23)19(15)21;5-3(6)1-2-4(7)8/h6-9,13-14,17H,10-12H2,1-5H3;1-2H,(H,5,6)(H,7,8)/b;2-1-/t14-,17-,21?,23?;/m1./s1. The van der Waals surface area contributed by atoms with Gasteiger partial charge in [0.05, 0.1) is 18.7 Å². The van der Waals surface area contributed by atoms with Crippen LogP contribution in [0.5, 0.6) is 0 Å². The highest BCUT2D eigenvalue weighted by atomic mass is 16.5. The number of likely N-dealkylation sites (N-methyl/N-ethyl adjacent to an activating group) is 2. The van der Waals surface area contributed by atoms with Crippen LogP contribution in [0.25, 0.3) is 5.57 Å². The second-order valence-corrected chi connectivity index (χ2v) is 9.63. The fourth-order valence-electron chi connectivity index (χ4n) is 5.45. The number of carbonyl (C=O) groups excluding carboxylic acids is 1. The average molecular weight is 473 g/mol. The second-order valence-electron chi connectivity index (χ2n) is 9.63. The van der Waals surface area contributed by atoms with E-state index in [1.165, 1.54) is 11.3 Å². The zero-order valence-electron chi connectivity index (χ0n) is 20.1. The lowest BCUT2D eigenvalue weighted by Gasteiger charge is -2.45. The van der Waals surface area contributed by atoms with Gasteiger partial charge in [-0.1, -0.05) is 18.2 Å². The fraction of sp³-hybridized carbons (Fsp3) is 0.480. The van der Waals surface area contributed by atoms with Crippen LogP contribution in [0.2, 0.25) is 0 Å². The molecule has 1 aromatic carbocycles. The van der Waals surface area contributed by atoms with Gasteiger partial charge in [0.1, 0.15) is 17.8 Å². The van der Waals surface area contributed by atoms with Crippen molar-refractivity contribution in [1.29, 1.82) is 0 Å². The van der Waals surface area contributed by atoms with E-state index in [-0.39, 0.29) is 11.6 Å². The summed E-state index contributed by atoms with van der Waals surface area (Å²) in [6.07, 6.45) is 3.90. The summed E-state index contributed by atoms with van der Waals surface area (Å²) in [6, 6.07) is 7.05. The predicted molar refractivity (Wildman–Crippen MR) is 125 cm³/mol. The predicted octanol–water partition coefficient (Wildman–Crippen LogP) is 1.07. The minimum absolute atomic E-state index is 0.173. The van der Waals surface area contributed by atoms with Gasteiger partial charge in [0.25, 0.3) is 0 Å². The number of hydrogen-bond acceptors (Lipinski definition) is 6. The summed E-state index contributed by atoms with van der Waals surface area (Å²) in [5.74, 6) is -4.08. The highest BCUT2D eigenvalue weighted by Crippen LogP contribution is 2.56. The first-order valence-electron chi connectivity index (χ1n) is 11.2. The third kappa shape index (κ3) is 4.38. The Bertz CT molecular complexity index is 1050. The molecule has 0 aromatic heterocycles. The zero-order chi connectivity index (χ0) is 25.4. The molecule has 2 aliphatic heterocycles. The van der Waals surface area contributed by atoms with Gasteiger partial charge >= 0.3 is 11.9 Å². The number of carboxylic acid groups (broad SMARTS) is 3. The summed E-state index contributed by atoms with van der Waals surface area (Å²) >= 11 is 0. The number of fused-ring (bicyclic) bond motifs is 2. The van der Waals surface area contributed by atoms with Gasteiger partial charge in [0.15, 0.2) is 0 Å². The number of methoxy groups -OCH3 is 1. The second kappa shape index (κ2) is 9.32. The number of nitrogens with zero attached hydrogens (tertiary/aromatic N) is 2. The Morgan fingerprint density at radius 2 is 1.85 bits per heavy atom. The quantitative estimate of drug-likeness (QED) is 0.481. The van der Waals surface area contributed by atoms with Crippen LogP contribution >= 0.6 is 0 Å². The molecule has 0 amide bonds. The van der Waals surface area contributed by atoms with Gasteiger partial charge in [-0.2, -0.15) is 0 Å². The van der Waals surface area contributed by atoms with Gasteiger partial charge < -0.3 is 24.9 Å². The van der Waals surface area contributed by atoms with Gasteiger partial charge in [-0.05, 0) is 38.1 Å². The molecule has 0 saturated heterocycles. The number of aliphatic carboxylic acids is 3. The van der Waals surface area contributed by atoms with Gasteiger partial charge in [0, 0.05) is 50.2 Å². The van der Waals surface area contributed by atoms with E-state index in [4.69, 9.17) is 14.9 Å². The Labute approximate surface area is 199 Å². The molecule has 4 atom stereocenters. The monoisotopic (exact) mass is 472 g/mol. The summed E-state index contributed by atoms with van der Waals surface area (Å²) in [5, 5.41) is 27.2. The minimum Gasteiger partial charge on any atom is -0.549 e. The lowest BCUT2D eigenvalue weighted by Crippen LogP contribution is -2.55. The van der Waals surface area contributed by atoms with Crippen molar-refractivity contribution in [2.45, 2.75) is 38.0 Å². The van der Waals surface area contributed by atoms with E-state index in [0.29, 0.717) is 24.7 Å². The molecule has 3 aliphatic rings. The van der Waals surface area contributed by atoms with Crippen molar-refractivity contribution in [2.75, 3.05) is 34.3 Å². The normalized spacial score (nSPS) is 29.6. The van der Waals surface area contributed by atoms with Gasteiger partial charge in [-0.3, -0.25) is 9.38 Å². The largest absolute Gasteiger partial charge is 0.549 e. The summed E-state index contributed by atoms with van der Waals surface area (Å²) in [5.41, 5.74) is 4.51. The van der Waals surface area contributed by atoms with Crippen molar-refractivity contribution in [3.05, 3.63) is 47.6 Å². The number of rotatable bonds is 5. The number of benzene rings is 1. The van der Waals surface area contributed by atoms with Gasteiger partial charge in [0.2, 0.25) is 0 Å². The maximum atomic E-state index is 11.5. The van der Waals surface area contributed by atoms with E-state index in [1.54, 1.807) is 0 Å². The molecule has 2 N–H and O–H groups in total. The third-order valence-corrected chi connectivity index (χ3v) is 7.42. The number of carboxylic acids is 3. The molecule has 34 heavy (non-hydrogen) atoms. The maximum absolute atomic E-state index is 11.5. The average Bonchev–Trinajstić information content (AvgIpc) is 3.04. The van der Waals surface area contributed by atoms with Crippen molar-refractivity contribution in [3.8, 4) is 0 Å². The molecular weight excluding hydrogens is 440 g/mol. The van der Waals surface area contributed by atoms with E-state index >= 15 is 0 Å². The van der Waals surface area contributed by atoms with Crippen LogP contribution in [-0.2, 0) is 24.7 Å². The SMILES string of the molecule is COC12C[C@@H]3C(=C[C@@H](C(=O)[O-])CN3C)c3cccc(c31)[N+](C)(C(C)C)C2.O=C(O)/C=C\C(=O)O. The Kier molecular flexibility index (Phi) is 7.02. The number of quaternary nitrogens is 1. The van der Waals surface area contributed by atoms with Crippen LogP contribution in [0.1, 0.15) is 31.4 Å². The van der Waals surface area contributed by atoms with Crippen LogP contribution in [-0.4, -0.2) is 79.4 Å². The first kappa shape index (κ1) is 25.6. The summed E-state index contributed by atoms with van der Waals surface area (Å²) in [4.78, 5) is 32.8. The molecule has 1 aromatic rings. The number of ether oxygens (including phenoxy) is 1. The van der Waals surface area contributed by atoms with E-state index in [2.05, 4.69) is 44.0 Å². The van der Waals surface area contributed by atoms with Crippen molar-refractivity contribution in [2.24, 2.45) is 5.92 Å². The maximum Gasteiger partial charge on any atom is 0.328 e. The molecule has 1 aliphatic carbocycles. The smallest absolute Gasteiger partial charge is 0.328 e. The van der Waals surface area contributed by atoms with Crippen LogP contribution in [0.3, 0.4) is 0 Å². The molecular formula is C25H32N2O7. The number of hydrogen-bond donors (Lipinski definition) is 2. The van der Waals surface area contributed by atoms with E-state index in [9.17, 15) is 19.5 Å². The van der Waals surface area contributed by atoms with E-state index in [1.807, 2.05) is 20.2 Å². The van der Waals surface area contributed by atoms with Crippen molar-refractivity contribution >= 4 is 29.2 Å². The molecule has 184 valence electrons. The molecule has 0 saturated carbocycles.